The highest BCUT2D eigenvalue weighted by molar-refractivity contribution is 5.85. The molecule has 5 rings (SSSR count). The second-order valence-corrected chi connectivity index (χ2v) is 8.95. The Balaban J connectivity index is 0.00000274. The van der Waals surface area contributed by atoms with E-state index in [1.165, 1.54) is 5.56 Å². The first kappa shape index (κ1) is 24.4. The second kappa shape index (κ2) is 11.1. The van der Waals surface area contributed by atoms with Crippen molar-refractivity contribution in [2.45, 2.75) is 25.8 Å². The Bertz CT molecular complexity index is 1030. The van der Waals surface area contributed by atoms with Crippen molar-refractivity contribution in [2.75, 3.05) is 55.7 Å². The van der Waals surface area contributed by atoms with E-state index < -0.39 is 0 Å². The van der Waals surface area contributed by atoms with E-state index >= 15 is 0 Å². The summed E-state index contributed by atoms with van der Waals surface area (Å²) in [5, 5.41) is 16.8. The molecule has 9 nitrogen and oxygen atoms in total. The molecular weight excluding hydrogens is 452 g/mol. The number of piperidine rings is 1. The van der Waals surface area contributed by atoms with Crippen LogP contribution in [0.1, 0.15) is 35.8 Å². The summed E-state index contributed by atoms with van der Waals surface area (Å²) in [4.78, 5) is 21.3. The van der Waals surface area contributed by atoms with Crippen LogP contribution in [0.15, 0.2) is 43.0 Å². The Morgan fingerprint density at radius 3 is 2.18 bits per heavy atom. The van der Waals surface area contributed by atoms with Gasteiger partial charge < -0.3 is 14.9 Å². The molecule has 34 heavy (non-hydrogen) atoms. The molecule has 0 spiro atoms. The minimum Gasteiger partial charge on any atom is -0.396 e. The fraction of sp³-hybridized carbons (Fsp3) is 0.500. The summed E-state index contributed by atoms with van der Waals surface area (Å²) in [5.41, 5.74) is 3.30. The highest BCUT2D eigenvalue weighted by Crippen LogP contribution is 2.32. The first-order chi connectivity index (χ1) is 16.2. The van der Waals surface area contributed by atoms with Crippen molar-refractivity contribution in [1.29, 1.82) is 0 Å². The molecule has 0 saturated carbocycles. The molecule has 1 atom stereocenters. The highest BCUT2D eigenvalue weighted by Gasteiger charge is 2.31. The number of aryl methyl sites for hydroxylation is 1. The van der Waals surface area contributed by atoms with Gasteiger partial charge in [0, 0.05) is 75.7 Å². The molecule has 0 aliphatic carbocycles. The van der Waals surface area contributed by atoms with Gasteiger partial charge in [0.15, 0.2) is 11.6 Å². The number of rotatable bonds is 6. The van der Waals surface area contributed by atoms with Crippen molar-refractivity contribution in [3.8, 4) is 0 Å². The predicted molar refractivity (Wildman–Crippen MR) is 134 cm³/mol. The molecule has 10 heteroatoms. The topological polar surface area (TPSA) is 97.3 Å². The van der Waals surface area contributed by atoms with Crippen LogP contribution in [-0.2, 0) is 0 Å². The number of nitrogens with zero attached hydrogens (tertiary/aromatic N) is 7. The first-order valence-corrected chi connectivity index (χ1v) is 11.8. The monoisotopic (exact) mass is 484 g/mol. The van der Waals surface area contributed by atoms with Crippen molar-refractivity contribution in [1.82, 2.24) is 30.0 Å². The summed E-state index contributed by atoms with van der Waals surface area (Å²) in [7, 11) is 0. The summed E-state index contributed by atoms with van der Waals surface area (Å²) < 4.78 is 0. The summed E-state index contributed by atoms with van der Waals surface area (Å²) in [6, 6.07) is 6.18. The molecule has 3 aromatic rings. The zero-order chi connectivity index (χ0) is 22.6. The van der Waals surface area contributed by atoms with E-state index in [-0.39, 0.29) is 25.1 Å². The quantitative estimate of drug-likeness (QED) is 0.550. The number of halogens is 1. The third kappa shape index (κ3) is 5.01. The molecular formula is C24H33ClN8O. The van der Waals surface area contributed by atoms with Crippen LogP contribution in [0.4, 0.5) is 11.6 Å². The Morgan fingerprint density at radius 1 is 0.941 bits per heavy atom. The second-order valence-electron chi connectivity index (χ2n) is 8.95. The fourth-order valence-electron chi connectivity index (χ4n) is 5.01. The van der Waals surface area contributed by atoms with Gasteiger partial charge in [0.25, 0.3) is 0 Å². The van der Waals surface area contributed by atoms with Crippen LogP contribution in [0.3, 0.4) is 0 Å². The normalized spacial score (nSPS) is 18.5. The summed E-state index contributed by atoms with van der Waals surface area (Å²) in [6.07, 6.45) is 9.35. The number of aromatic amines is 1. The minimum absolute atomic E-state index is 0. The molecule has 0 amide bonds. The van der Waals surface area contributed by atoms with Crippen LogP contribution in [0.25, 0.3) is 0 Å². The average Bonchev–Trinajstić information content (AvgIpc) is 3.30. The molecule has 0 aromatic carbocycles. The van der Waals surface area contributed by atoms with E-state index in [1.807, 2.05) is 24.5 Å². The standard InChI is InChI=1S/C24H32N8O.ClH/c1-18-20(16-28-29-18)22(21-4-2-3-7-25-21)30-12-14-32(15-13-30)24-23(26-8-9-27-24)31-10-5-19(17-33)6-11-31;/h2-4,7-9,16,19,22,33H,5-6,10-15,17H2,1H3,(H,28,29);1H. The Morgan fingerprint density at radius 2 is 1.62 bits per heavy atom. The Kier molecular flexibility index (Phi) is 7.97. The SMILES string of the molecule is Cc1[nH]ncc1C(c1ccccn1)N1CCN(c2nccnc2N2CCC(CO)CC2)CC1.Cl. The number of nitrogens with one attached hydrogen (secondary N) is 1. The van der Waals surface area contributed by atoms with E-state index in [2.05, 4.69) is 42.9 Å². The van der Waals surface area contributed by atoms with E-state index in [4.69, 9.17) is 9.97 Å². The average molecular weight is 485 g/mol. The van der Waals surface area contributed by atoms with Gasteiger partial charge in [0.2, 0.25) is 0 Å². The van der Waals surface area contributed by atoms with Crippen molar-refractivity contribution in [2.24, 2.45) is 5.92 Å². The lowest BCUT2D eigenvalue weighted by Crippen LogP contribution is -2.49. The molecule has 2 aliphatic heterocycles. The molecule has 2 aliphatic rings. The van der Waals surface area contributed by atoms with Crippen molar-refractivity contribution < 1.29 is 5.11 Å². The van der Waals surface area contributed by atoms with Crippen LogP contribution in [0.5, 0.6) is 0 Å². The number of pyridine rings is 1. The van der Waals surface area contributed by atoms with Gasteiger partial charge in [-0.1, -0.05) is 6.07 Å². The van der Waals surface area contributed by atoms with Crippen LogP contribution in [0.2, 0.25) is 0 Å². The Hall–Kier alpha value is -2.75. The maximum absolute atomic E-state index is 9.47. The van der Waals surface area contributed by atoms with Crippen LogP contribution in [-0.4, -0.2) is 81.0 Å². The lowest BCUT2D eigenvalue weighted by atomic mass is 9.98. The zero-order valence-corrected chi connectivity index (χ0v) is 20.4. The van der Waals surface area contributed by atoms with Gasteiger partial charge in [-0.2, -0.15) is 5.10 Å². The first-order valence-electron chi connectivity index (χ1n) is 11.8. The number of H-pyrrole nitrogens is 1. The highest BCUT2D eigenvalue weighted by atomic mass is 35.5. The van der Waals surface area contributed by atoms with Crippen molar-refractivity contribution in [3.05, 3.63) is 59.9 Å². The number of aliphatic hydroxyl groups excluding tert-OH is 1. The number of hydrogen-bond acceptors (Lipinski definition) is 8. The van der Waals surface area contributed by atoms with Crippen molar-refractivity contribution in [3.63, 3.8) is 0 Å². The van der Waals surface area contributed by atoms with Gasteiger partial charge in [-0.05, 0) is 37.8 Å². The van der Waals surface area contributed by atoms with E-state index in [1.54, 1.807) is 12.4 Å². The molecule has 1 unspecified atom stereocenters. The van der Waals surface area contributed by atoms with Crippen LogP contribution >= 0.6 is 12.4 Å². The number of hydrogen-bond donors (Lipinski definition) is 2. The van der Waals surface area contributed by atoms with Crippen molar-refractivity contribution >= 4 is 24.0 Å². The zero-order valence-electron chi connectivity index (χ0n) is 19.5. The summed E-state index contributed by atoms with van der Waals surface area (Å²) >= 11 is 0. The van der Waals surface area contributed by atoms with Crippen LogP contribution < -0.4 is 9.80 Å². The molecule has 3 aromatic heterocycles. The smallest absolute Gasteiger partial charge is 0.172 e. The van der Waals surface area contributed by atoms with E-state index in [9.17, 15) is 5.11 Å². The lowest BCUT2D eigenvalue weighted by Gasteiger charge is -2.41. The molecule has 2 saturated heterocycles. The third-order valence-corrected chi connectivity index (χ3v) is 6.94. The van der Waals surface area contributed by atoms with E-state index in [0.29, 0.717) is 5.92 Å². The van der Waals surface area contributed by atoms with Gasteiger partial charge in [0.05, 0.1) is 17.9 Å². The molecule has 0 radical (unpaired) electrons. The molecule has 2 N–H and O–H groups in total. The van der Waals surface area contributed by atoms with E-state index in [0.717, 1.165) is 75.1 Å². The number of piperazine rings is 1. The number of aromatic nitrogens is 5. The molecule has 5 heterocycles. The number of aliphatic hydroxyl groups is 1. The Labute approximate surface area is 206 Å². The minimum atomic E-state index is 0. The summed E-state index contributed by atoms with van der Waals surface area (Å²) in [5.74, 6) is 2.34. The lowest BCUT2D eigenvalue weighted by molar-refractivity contribution is 0.202. The van der Waals surface area contributed by atoms with Gasteiger partial charge in [0.1, 0.15) is 0 Å². The predicted octanol–water partition coefficient (Wildman–Crippen LogP) is 2.45. The van der Waals surface area contributed by atoms with Gasteiger partial charge in [-0.3, -0.25) is 15.0 Å². The van der Waals surface area contributed by atoms with Gasteiger partial charge in [-0.25, -0.2) is 9.97 Å². The third-order valence-electron chi connectivity index (χ3n) is 6.94. The molecule has 0 bridgehead atoms. The van der Waals surface area contributed by atoms with Gasteiger partial charge >= 0.3 is 0 Å². The van der Waals surface area contributed by atoms with Gasteiger partial charge in [-0.15, -0.1) is 12.4 Å². The maximum Gasteiger partial charge on any atom is 0.172 e. The fourth-order valence-corrected chi connectivity index (χ4v) is 5.01. The van der Waals surface area contributed by atoms with Crippen LogP contribution in [0, 0.1) is 12.8 Å². The molecule has 182 valence electrons. The summed E-state index contributed by atoms with van der Waals surface area (Å²) in [6.45, 7) is 7.72. The number of anilines is 2. The largest absolute Gasteiger partial charge is 0.396 e. The molecule has 2 fully saturated rings. The maximum atomic E-state index is 9.47.